The van der Waals surface area contributed by atoms with Crippen molar-refractivity contribution >= 4 is 23.7 Å². The summed E-state index contributed by atoms with van der Waals surface area (Å²) >= 11 is 0. The van der Waals surface area contributed by atoms with E-state index in [1.54, 1.807) is 30.3 Å². The molecule has 4 unspecified atom stereocenters. The van der Waals surface area contributed by atoms with E-state index in [4.69, 9.17) is 10.8 Å². The van der Waals surface area contributed by atoms with E-state index in [0.717, 1.165) is 5.56 Å². The largest absolute Gasteiger partial charge is 0.480 e. The van der Waals surface area contributed by atoms with Crippen LogP contribution in [0.25, 0.3) is 0 Å². The molecule has 0 saturated carbocycles. The fourth-order valence-electron chi connectivity index (χ4n) is 3.00. The molecule has 178 valence electrons. The molecule has 0 aliphatic heterocycles. The van der Waals surface area contributed by atoms with E-state index in [1.807, 2.05) is 0 Å². The number of H-pyrrole nitrogens is 1. The fraction of sp³-hybridized carbons (Fsp3) is 0.381. The number of carboxylic acid groups (broad SMARTS) is 1. The highest BCUT2D eigenvalue weighted by molar-refractivity contribution is 5.94. The number of hydrogen-bond donors (Lipinski definition) is 7. The standard InChI is InChI=1S/C21H28N6O6/c1-12(28)18(21(33)24-10-17(29)30)27-20(32)16(7-13-5-3-2-4-6-13)26-19(31)15(22)8-14-9-23-11-25-14/h2-6,9,11-12,15-16,18,28H,7-8,10,22H2,1H3,(H,23,25)(H,24,33)(H,26,31)(H,27,32)(H,29,30). The summed E-state index contributed by atoms with van der Waals surface area (Å²) in [6, 6.07) is 5.37. The maximum Gasteiger partial charge on any atom is 0.322 e. The van der Waals surface area contributed by atoms with Crippen molar-refractivity contribution in [3.05, 3.63) is 54.1 Å². The van der Waals surface area contributed by atoms with Gasteiger partial charge in [0.1, 0.15) is 18.6 Å². The Bertz CT molecular complexity index is 934. The third kappa shape index (κ3) is 8.35. The van der Waals surface area contributed by atoms with Gasteiger partial charge in [-0.2, -0.15) is 0 Å². The zero-order valence-corrected chi connectivity index (χ0v) is 18.0. The van der Waals surface area contributed by atoms with Crippen LogP contribution in [0.3, 0.4) is 0 Å². The van der Waals surface area contributed by atoms with Crippen LogP contribution in [0.2, 0.25) is 0 Å². The highest BCUT2D eigenvalue weighted by Gasteiger charge is 2.31. The summed E-state index contributed by atoms with van der Waals surface area (Å²) < 4.78 is 0. The van der Waals surface area contributed by atoms with Crippen molar-refractivity contribution in [2.24, 2.45) is 5.73 Å². The minimum atomic E-state index is -1.43. The number of aliphatic carboxylic acids is 1. The van der Waals surface area contributed by atoms with Gasteiger partial charge in [-0.25, -0.2) is 4.98 Å². The van der Waals surface area contributed by atoms with E-state index in [0.29, 0.717) is 5.69 Å². The van der Waals surface area contributed by atoms with E-state index >= 15 is 0 Å². The Morgan fingerprint density at radius 3 is 2.33 bits per heavy atom. The number of nitrogens with one attached hydrogen (secondary N) is 4. The van der Waals surface area contributed by atoms with Crippen molar-refractivity contribution in [1.82, 2.24) is 25.9 Å². The van der Waals surface area contributed by atoms with Gasteiger partial charge >= 0.3 is 5.97 Å². The van der Waals surface area contributed by atoms with Crippen LogP contribution in [0.5, 0.6) is 0 Å². The molecule has 0 aliphatic rings. The number of hydrogen-bond acceptors (Lipinski definition) is 7. The van der Waals surface area contributed by atoms with Gasteiger partial charge in [-0.1, -0.05) is 30.3 Å². The first-order valence-corrected chi connectivity index (χ1v) is 10.2. The molecule has 1 heterocycles. The highest BCUT2D eigenvalue weighted by atomic mass is 16.4. The molecular weight excluding hydrogens is 432 g/mol. The second-order valence-electron chi connectivity index (χ2n) is 7.48. The Labute approximate surface area is 190 Å². The number of nitrogens with two attached hydrogens (primary N) is 1. The summed E-state index contributed by atoms with van der Waals surface area (Å²) in [5.41, 5.74) is 7.35. The predicted octanol–water partition coefficient (Wildman–Crippen LogP) is -1.93. The van der Waals surface area contributed by atoms with Crippen molar-refractivity contribution in [3.8, 4) is 0 Å². The number of nitrogens with zero attached hydrogens (tertiary/aromatic N) is 1. The zero-order chi connectivity index (χ0) is 24.4. The number of rotatable bonds is 12. The normalized spacial score (nSPS) is 14.4. The van der Waals surface area contributed by atoms with E-state index in [1.165, 1.54) is 19.4 Å². The third-order valence-electron chi connectivity index (χ3n) is 4.72. The number of imidazole rings is 1. The summed E-state index contributed by atoms with van der Waals surface area (Å²) in [4.78, 5) is 55.3. The van der Waals surface area contributed by atoms with Crippen LogP contribution in [0.4, 0.5) is 0 Å². The average Bonchev–Trinajstić information content (AvgIpc) is 3.28. The summed E-state index contributed by atoms with van der Waals surface area (Å²) in [5, 5.41) is 25.8. The molecule has 1 aromatic carbocycles. The van der Waals surface area contributed by atoms with Crippen LogP contribution in [0.1, 0.15) is 18.2 Å². The fourth-order valence-corrected chi connectivity index (χ4v) is 3.00. The number of carboxylic acids is 1. The molecule has 0 spiro atoms. The molecular formula is C21H28N6O6. The minimum Gasteiger partial charge on any atom is -0.480 e. The molecule has 2 aromatic rings. The van der Waals surface area contributed by atoms with Crippen molar-refractivity contribution in [2.75, 3.05) is 6.54 Å². The van der Waals surface area contributed by atoms with Gasteiger partial charge in [0.15, 0.2) is 0 Å². The van der Waals surface area contributed by atoms with Crippen LogP contribution in [0, 0.1) is 0 Å². The summed E-state index contributed by atoms with van der Waals surface area (Å²) in [6.45, 7) is 0.598. The van der Waals surface area contributed by atoms with Crippen LogP contribution in [-0.2, 0) is 32.0 Å². The van der Waals surface area contributed by atoms with E-state index in [2.05, 4.69) is 25.9 Å². The van der Waals surface area contributed by atoms with Gasteiger partial charge in [-0.05, 0) is 12.5 Å². The number of benzene rings is 1. The van der Waals surface area contributed by atoms with E-state index in [-0.39, 0.29) is 12.8 Å². The lowest BCUT2D eigenvalue weighted by Gasteiger charge is -2.25. The monoisotopic (exact) mass is 460 g/mol. The lowest BCUT2D eigenvalue weighted by molar-refractivity contribution is -0.139. The molecule has 0 bridgehead atoms. The lowest BCUT2D eigenvalue weighted by atomic mass is 10.0. The molecule has 8 N–H and O–H groups in total. The molecule has 12 heteroatoms. The number of aliphatic hydroxyl groups excluding tert-OH is 1. The first-order chi connectivity index (χ1) is 15.7. The highest BCUT2D eigenvalue weighted by Crippen LogP contribution is 2.06. The van der Waals surface area contributed by atoms with Gasteiger partial charge in [0.2, 0.25) is 17.7 Å². The molecule has 4 atom stereocenters. The number of aliphatic hydroxyl groups is 1. The Hall–Kier alpha value is -3.77. The van der Waals surface area contributed by atoms with Crippen LogP contribution < -0.4 is 21.7 Å². The first-order valence-electron chi connectivity index (χ1n) is 10.2. The lowest BCUT2D eigenvalue weighted by Crippen LogP contribution is -2.59. The van der Waals surface area contributed by atoms with Gasteiger partial charge < -0.3 is 36.9 Å². The van der Waals surface area contributed by atoms with Gasteiger partial charge in [-0.3, -0.25) is 19.2 Å². The minimum absolute atomic E-state index is 0.0957. The molecule has 2 rings (SSSR count). The SMILES string of the molecule is CC(O)C(NC(=O)C(Cc1ccccc1)NC(=O)C(N)Cc1cnc[nH]1)C(=O)NCC(=O)O. The van der Waals surface area contributed by atoms with Crippen LogP contribution in [-0.4, -0.2) is 74.6 Å². The van der Waals surface area contributed by atoms with Gasteiger partial charge in [-0.15, -0.1) is 0 Å². The maximum absolute atomic E-state index is 13.0. The van der Waals surface area contributed by atoms with Gasteiger partial charge in [0, 0.05) is 24.7 Å². The quantitative estimate of drug-likeness (QED) is 0.190. The average molecular weight is 460 g/mol. The van der Waals surface area contributed by atoms with Crippen LogP contribution in [0.15, 0.2) is 42.9 Å². The van der Waals surface area contributed by atoms with E-state index in [9.17, 15) is 24.3 Å². The smallest absolute Gasteiger partial charge is 0.322 e. The Morgan fingerprint density at radius 1 is 1.06 bits per heavy atom. The Balaban J connectivity index is 2.13. The number of carbonyl (C=O) groups excluding carboxylic acids is 3. The van der Waals surface area contributed by atoms with Crippen molar-refractivity contribution in [1.29, 1.82) is 0 Å². The number of aromatic amines is 1. The molecule has 0 saturated heterocycles. The van der Waals surface area contributed by atoms with E-state index < -0.39 is 54.5 Å². The van der Waals surface area contributed by atoms with Crippen molar-refractivity contribution in [3.63, 3.8) is 0 Å². The third-order valence-corrected chi connectivity index (χ3v) is 4.72. The summed E-state index contributed by atoms with van der Waals surface area (Å²) in [6.07, 6.45) is 1.93. The maximum atomic E-state index is 13.0. The molecule has 12 nitrogen and oxygen atoms in total. The van der Waals surface area contributed by atoms with Crippen molar-refractivity contribution in [2.45, 2.75) is 44.0 Å². The Kier molecular flexibility index (Phi) is 9.51. The first kappa shape index (κ1) is 25.5. The second kappa shape index (κ2) is 12.3. The van der Waals surface area contributed by atoms with Gasteiger partial charge in [0.05, 0.1) is 18.5 Å². The summed E-state index contributed by atoms with van der Waals surface area (Å²) in [5.74, 6) is -3.48. The molecule has 33 heavy (non-hydrogen) atoms. The van der Waals surface area contributed by atoms with Gasteiger partial charge in [0.25, 0.3) is 0 Å². The topological polar surface area (TPSA) is 200 Å². The number of aromatic nitrogens is 2. The summed E-state index contributed by atoms with van der Waals surface area (Å²) in [7, 11) is 0. The molecule has 3 amide bonds. The second-order valence-corrected chi connectivity index (χ2v) is 7.48. The number of amides is 3. The Morgan fingerprint density at radius 2 is 1.76 bits per heavy atom. The predicted molar refractivity (Wildman–Crippen MR) is 117 cm³/mol. The molecule has 0 radical (unpaired) electrons. The zero-order valence-electron chi connectivity index (χ0n) is 18.0. The molecule has 1 aromatic heterocycles. The molecule has 0 fully saturated rings. The van der Waals surface area contributed by atoms with Crippen LogP contribution >= 0.6 is 0 Å². The molecule has 0 aliphatic carbocycles. The number of carbonyl (C=O) groups is 4. The van der Waals surface area contributed by atoms with Crippen molar-refractivity contribution < 1.29 is 29.4 Å².